The zero-order chi connectivity index (χ0) is 13.8. The van der Waals surface area contributed by atoms with Crippen molar-refractivity contribution >= 4 is 23.8 Å². The quantitative estimate of drug-likeness (QED) is 0.768. The predicted octanol–water partition coefficient (Wildman–Crippen LogP) is 0.422. The first-order valence-electron chi connectivity index (χ1n) is 6.68. The van der Waals surface area contributed by atoms with Crippen molar-refractivity contribution < 1.29 is 14.7 Å². The molecule has 0 spiro atoms. The number of hydrogen-bond acceptors (Lipinski definition) is 4. The van der Waals surface area contributed by atoms with Crippen molar-refractivity contribution in [2.24, 2.45) is 5.73 Å². The summed E-state index contributed by atoms with van der Waals surface area (Å²) in [5.41, 5.74) is 5.84. The van der Waals surface area contributed by atoms with Gasteiger partial charge in [0.1, 0.15) is 0 Å². The summed E-state index contributed by atoms with van der Waals surface area (Å²) in [6.45, 7) is 2.01. The SMILES string of the molecule is NC1CCN(C(=O)N2CCSCC2CC(=O)O)CC1. The second kappa shape index (κ2) is 6.47. The third kappa shape index (κ3) is 3.76. The minimum Gasteiger partial charge on any atom is -0.481 e. The summed E-state index contributed by atoms with van der Waals surface area (Å²) in [5.74, 6) is 0.756. The zero-order valence-corrected chi connectivity index (χ0v) is 11.8. The number of piperidine rings is 1. The van der Waals surface area contributed by atoms with Crippen LogP contribution >= 0.6 is 11.8 Å². The fraction of sp³-hybridized carbons (Fsp3) is 0.833. The minimum absolute atomic E-state index is 0.0153. The molecule has 0 aromatic rings. The van der Waals surface area contributed by atoms with E-state index in [4.69, 9.17) is 10.8 Å². The molecular formula is C12H21N3O3S. The Balaban J connectivity index is 1.96. The van der Waals surface area contributed by atoms with E-state index in [1.165, 1.54) is 0 Å². The van der Waals surface area contributed by atoms with E-state index >= 15 is 0 Å². The Hall–Kier alpha value is -0.950. The van der Waals surface area contributed by atoms with E-state index in [2.05, 4.69) is 0 Å². The maximum atomic E-state index is 12.5. The number of likely N-dealkylation sites (tertiary alicyclic amines) is 1. The summed E-state index contributed by atoms with van der Waals surface area (Å²) in [5, 5.41) is 8.93. The van der Waals surface area contributed by atoms with Crippen LogP contribution in [-0.2, 0) is 4.79 Å². The molecule has 108 valence electrons. The van der Waals surface area contributed by atoms with Gasteiger partial charge in [0.05, 0.1) is 12.5 Å². The summed E-state index contributed by atoms with van der Waals surface area (Å²) < 4.78 is 0. The number of thioether (sulfide) groups is 1. The summed E-state index contributed by atoms with van der Waals surface area (Å²) in [6, 6.07) is -0.00595. The zero-order valence-electron chi connectivity index (χ0n) is 11.0. The van der Waals surface area contributed by atoms with Crippen molar-refractivity contribution in [3.05, 3.63) is 0 Å². The molecule has 0 aromatic carbocycles. The van der Waals surface area contributed by atoms with Crippen LogP contribution in [0.25, 0.3) is 0 Å². The number of nitrogens with zero attached hydrogens (tertiary/aromatic N) is 2. The van der Waals surface area contributed by atoms with Crippen LogP contribution in [0.1, 0.15) is 19.3 Å². The summed E-state index contributed by atoms with van der Waals surface area (Å²) >= 11 is 1.72. The predicted molar refractivity (Wildman–Crippen MR) is 74.3 cm³/mol. The van der Waals surface area contributed by atoms with E-state index in [1.807, 2.05) is 4.90 Å². The molecule has 1 unspecified atom stereocenters. The Morgan fingerprint density at radius 3 is 2.58 bits per heavy atom. The van der Waals surface area contributed by atoms with Gasteiger partial charge in [-0.2, -0.15) is 11.8 Å². The number of amides is 2. The molecule has 0 saturated carbocycles. The average molecular weight is 287 g/mol. The number of rotatable bonds is 2. The van der Waals surface area contributed by atoms with Crippen molar-refractivity contribution in [3.8, 4) is 0 Å². The molecule has 2 aliphatic rings. The van der Waals surface area contributed by atoms with Crippen LogP contribution in [0.15, 0.2) is 0 Å². The Morgan fingerprint density at radius 2 is 1.95 bits per heavy atom. The van der Waals surface area contributed by atoms with Crippen LogP contribution in [0, 0.1) is 0 Å². The molecule has 2 amide bonds. The normalized spacial score (nSPS) is 25.4. The fourth-order valence-corrected chi connectivity index (χ4v) is 3.61. The van der Waals surface area contributed by atoms with Crippen molar-refractivity contribution in [2.45, 2.75) is 31.3 Å². The maximum absolute atomic E-state index is 12.5. The molecule has 0 aromatic heterocycles. The highest BCUT2D eigenvalue weighted by molar-refractivity contribution is 7.99. The van der Waals surface area contributed by atoms with Crippen molar-refractivity contribution in [1.82, 2.24) is 9.80 Å². The van der Waals surface area contributed by atoms with E-state index in [9.17, 15) is 9.59 Å². The van der Waals surface area contributed by atoms with Crippen LogP contribution in [0.4, 0.5) is 4.79 Å². The number of aliphatic carboxylic acids is 1. The standard InChI is InChI=1S/C12H21N3O3S/c13-9-1-3-14(4-2-9)12(18)15-5-6-19-8-10(15)7-11(16)17/h9-10H,1-8,13H2,(H,16,17). The third-order valence-corrected chi connectivity index (χ3v) is 4.79. The summed E-state index contributed by atoms with van der Waals surface area (Å²) in [7, 11) is 0. The molecule has 2 fully saturated rings. The molecule has 2 saturated heterocycles. The van der Waals surface area contributed by atoms with Crippen LogP contribution in [0.3, 0.4) is 0 Å². The summed E-state index contributed by atoms with van der Waals surface area (Å²) in [4.78, 5) is 26.9. The number of urea groups is 1. The van der Waals surface area contributed by atoms with E-state index in [0.717, 1.165) is 18.6 Å². The van der Waals surface area contributed by atoms with Crippen LogP contribution in [-0.4, -0.2) is 70.1 Å². The molecule has 2 heterocycles. The van der Waals surface area contributed by atoms with E-state index in [0.29, 0.717) is 25.4 Å². The largest absolute Gasteiger partial charge is 0.481 e. The highest BCUT2D eigenvalue weighted by atomic mass is 32.2. The molecule has 2 rings (SSSR count). The Morgan fingerprint density at radius 1 is 1.26 bits per heavy atom. The highest BCUT2D eigenvalue weighted by Crippen LogP contribution is 2.21. The minimum atomic E-state index is -0.842. The second-order valence-corrected chi connectivity index (χ2v) is 6.28. The van der Waals surface area contributed by atoms with Gasteiger partial charge in [0, 0.05) is 37.2 Å². The molecule has 19 heavy (non-hydrogen) atoms. The number of hydrogen-bond donors (Lipinski definition) is 2. The second-order valence-electron chi connectivity index (χ2n) is 5.13. The van der Waals surface area contributed by atoms with Crippen molar-refractivity contribution in [2.75, 3.05) is 31.1 Å². The van der Waals surface area contributed by atoms with Gasteiger partial charge in [-0.3, -0.25) is 4.79 Å². The first kappa shape index (κ1) is 14.5. The third-order valence-electron chi connectivity index (χ3n) is 3.69. The number of carbonyl (C=O) groups is 2. The number of carboxylic acid groups (broad SMARTS) is 1. The average Bonchev–Trinajstić information content (AvgIpc) is 2.39. The lowest BCUT2D eigenvalue weighted by Gasteiger charge is -2.40. The Bertz CT molecular complexity index is 345. The lowest BCUT2D eigenvalue weighted by molar-refractivity contribution is -0.138. The Kier molecular flexibility index (Phi) is 4.93. The van der Waals surface area contributed by atoms with Crippen molar-refractivity contribution in [3.63, 3.8) is 0 Å². The van der Waals surface area contributed by atoms with Crippen molar-refractivity contribution in [1.29, 1.82) is 0 Å². The molecule has 6 nitrogen and oxygen atoms in total. The van der Waals surface area contributed by atoms with Gasteiger partial charge < -0.3 is 20.6 Å². The lowest BCUT2D eigenvalue weighted by atomic mass is 10.1. The monoisotopic (exact) mass is 287 g/mol. The molecule has 0 aliphatic carbocycles. The number of carbonyl (C=O) groups excluding carboxylic acids is 1. The smallest absolute Gasteiger partial charge is 0.320 e. The lowest BCUT2D eigenvalue weighted by Crippen LogP contribution is -2.54. The van der Waals surface area contributed by atoms with Crippen LogP contribution in [0.2, 0.25) is 0 Å². The number of nitrogens with two attached hydrogens (primary N) is 1. The van der Waals surface area contributed by atoms with Gasteiger partial charge in [-0.1, -0.05) is 0 Å². The molecule has 7 heteroatoms. The Labute approximate surface area is 117 Å². The van der Waals surface area contributed by atoms with Gasteiger partial charge in [-0.05, 0) is 12.8 Å². The molecule has 2 aliphatic heterocycles. The van der Waals surface area contributed by atoms with E-state index in [1.54, 1.807) is 16.7 Å². The van der Waals surface area contributed by atoms with Gasteiger partial charge in [-0.15, -0.1) is 0 Å². The van der Waals surface area contributed by atoms with Gasteiger partial charge in [0.2, 0.25) is 0 Å². The maximum Gasteiger partial charge on any atom is 0.320 e. The van der Waals surface area contributed by atoms with Gasteiger partial charge >= 0.3 is 12.0 Å². The number of carboxylic acids is 1. The van der Waals surface area contributed by atoms with Gasteiger partial charge in [-0.25, -0.2) is 4.79 Å². The fourth-order valence-electron chi connectivity index (χ4n) is 2.55. The molecule has 0 radical (unpaired) electrons. The van der Waals surface area contributed by atoms with Crippen LogP contribution < -0.4 is 5.73 Å². The molecule has 3 N–H and O–H groups in total. The van der Waals surface area contributed by atoms with E-state index < -0.39 is 5.97 Å². The topological polar surface area (TPSA) is 86.9 Å². The highest BCUT2D eigenvalue weighted by Gasteiger charge is 2.32. The molecular weight excluding hydrogens is 266 g/mol. The summed E-state index contributed by atoms with van der Waals surface area (Å²) in [6.07, 6.45) is 1.70. The first-order valence-corrected chi connectivity index (χ1v) is 7.84. The first-order chi connectivity index (χ1) is 9.08. The van der Waals surface area contributed by atoms with Gasteiger partial charge in [0.15, 0.2) is 0 Å². The van der Waals surface area contributed by atoms with Crippen LogP contribution in [0.5, 0.6) is 0 Å². The van der Waals surface area contributed by atoms with Gasteiger partial charge in [0.25, 0.3) is 0 Å². The molecule has 0 bridgehead atoms. The van der Waals surface area contributed by atoms with E-state index in [-0.39, 0.29) is 24.5 Å². The molecule has 1 atom stereocenters.